The van der Waals surface area contributed by atoms with Gasteiger partial charge in [0.1, 0.15) is 30.2 Å². The zero-order chi connectivity index (χ0) is 21.7. The minimum Gasteiger partial charge on any atom is -0.394 e. The Balaban J connectivity index is 2.07. The molecule has 10 nitrogen and oxygen atoms in total. The molecular weight excluding hydrogens is 388 g/mol. The molecule has 0 aromatic carbocycles. The molecule has 0 aliphatic carbocycles. The van der Waals surface area contributed by atoms with E-state index in [1.54, 1.807) is 13.8 Å². The molecule has 10 atom stereocenters. The molecule has 2 aliphatic heterocycles. The van der Waals surface area contributed by atoms with E-state index in [0.29, 0.717) is 12.8 Å². The highest BCUT2D eigenvalue weighted by Gasteiger charge is 2.43. The molecule has 0 aromatic rings. The fourth-order valence-electron chi connectivity index (χ4n) is 3.41. The number of hydrogen-bond donors (Lipinski definition) is 5. The number of carbonyl (C=O) groups excluding carboxylic acids is 1. The van der Waals surface area contributed by atoms with Gasteiger partial charge in [-0.3, -0.25) is 0 Å². The van der Waals surface area contributed by atoms with E-state index in [2.05, 4.69) is 0 Å². The van der Waals surface area contributed by atoms with Gasteiger partial charge in [0.15, 0.2) is 12.6 Å². The molecular formula is C19H34O10. The molecule has 170 valence electrons. The van der Waals surface area contributed by atoms with Crippen LogP contribution in [0.25, 0.3) is 0 Å². The van der Waals surface area contributed by atoms with Gasteiger partial charge in [0.05, 0.1) is 31.0 Å². The van der Waals surface area contributed by atoms with Crippen LogP contribution in [0.3, 0.4) is 0 Å². The third kappa shape index (κ3) is 6.91. The summed E-state index contributed by atoms with van der Waals surface area (Å²) in [6.07, 6.45) is -8.92. The van der Waals surface area contributed by atoms with Gasteiger partial charge in [0.2, 0.25) is 0 Å². The molecule has 0 radical (unpaired) electrons. The molecule has 2 saturated heterocycles. The lowest BCUT2D eigenvalue weighted by Crippen LogP contribution is -2.52. The summed E-state index contributed by atoms with van der Waals surface area (Å²) in [5.41, 5.74) is 0. The Morgan fingerprint density at radius 2 is 1.76 bits per heavy atom. The zero-order valence-corrected chi connectivity index (χ0v) is 17.1. The highest BCUT2D eigenvalue weighted by molar-refractivity contribution is 5.75. The third-order valence-electron chi connectivity index (χ3n) is 5.31. The fourth-order valence-corrected chi connectivity index (χ4v) is 3.41. The quantitative estimate of drug-likeness (QED) is 0.323. The molecule has 2 aliphatic rings. The number of ketones is 1. The molecule has 0 bridgehead atoms. The summed E-state index contributed by atoms with van der Waals surface area (Å²) in [5.74, 6) is 0.0451. The van der Waals surface area contributed by atoms with E-state index in [1.807, 2.05) is 0 Å². The average Bonchev–Trinajstić information content (AvgIpc) is 2.75. The van der Waals surface area contributed by atoms with Crippen LogP contribution in [0.2, 0.25) is 0 Å². The highest BCUT2D eigenvalue weighted by atomic mass is 16.7. The van der Waals surface area contributed by atoms with Gasteiger partial charge in [0, 0.05) is 19.3 Å². The van der Waals surface area contributed by atoms with E-state index in [4.69, 9.17) is 18.9 Å². The molecule has 10 unspecified atom stereocenters. The Bertz CT molecular complexity index is 517. The average molecular weight is 422 g/mol. The molecule has 29 heavy (non-hydrogen) atoms. The van der Waals surface area contributed by atoms with Crippen molar-refractivity contribution in [2.45, 2.75) is 108 Å². The van der Waals surface area contributed by atoms with Crippen molar-refractivity contribution < 1.29 is 49.3 Å². The SMILES string of the molecule is CC(=O)CCC(C)OC1OC(C)C(O)CC1OC1OC(CO)C(O)C(O)CC1O. The van der Waals surface area contributed by atoms with Crippen LogP contribution in [0.1, 0.15) is 46.5 Å². The van der Waals surface area contributed by atoms with Crippen molar-refractivity contribution in [1.29, 1.82) is 0 Å². The smallest absolute Gasteiger partial charge is 0.184 e. The minimum atomic E-state index is -1.38. The van der Waals surface area contributed by atoms with Crippen LogP contribution in [-0.2, 0) is 23.7 Å². The largest absolute Gasteiger partial charge is 0.394 e. The Labute approximate surface area is 170 Å². The van der Waals surface area contributed by atoms with Crippen molar-refractivity contribution >= 4 is 5.78 Å². The molecule has 0 saturated carbocycles. The Hall–Kier alpha value is -0.690. The van der Waals surface area contributed by atoms with Gasteiger partial charge in [-0.1, -0.05) is 0 Å². The van der Waals surface area contributed by atoms with E-state index in [-0.39, 0.29) is 24.7 Å². The predicted octanol–water partition coefficient (Wildman–Crippen LogP) is -1.17. The van der Waals surface area contributed by atoms with Gasteiger partial charge in [-0.05, 0) is 27.2 Å². The van der Waals surface area contributed by atoms with E-state index < -0.39 is 61.9 Å². The number of carbonyl (C=O) groups is 1. The normalized spacial score (nSPS) is 42.3. The number of aliphatic hydroxyl groups excluding tert-OH is 5. The van der Waals surface area contributed by atoms with Crippen molar-refractivity contribution in [3.63, 3.8) is 0 Å². The zero-order valence-electron chi connectivity index (χ0n) is 17.1. The molecule has 2 fully saturated rings. The molecule has 10 heteroatoms. The van der Waals surface area contributed by atoms with Gasteiger partial charge in [0.25, 0.3) is 0 Å². The monoisotopic (exact) mass is 422 g/mol. The second-order valence-electron chi connectivity index (χ2n) is 7.96. The van der Waals surface area contributed by atoms with Crippen molar-refractivity contribution in [3.05, 3.63) is 0 Å². The Morgan fingerprint density at radius 1 is 1.07 bits per heavy atom. The van der Waals surface area contributed by atoms with Crippen molar-refractivity contribution in [3.8, 4) is 0 Å². The van der Waals surface area contributed by atoms with Crippen LogP contribution in [0.4, 0.5) is 0 Å². The molecule has 0 amide bonds. The number of hydrogen-bond acceptors (Lipinski definition) is 10. The van der Waals surface area contributed by atoms with E-state index in [1.165, 1.54) is 6.92 Å². The molecule has 0 aromatic heterocycles. The van der Waals surface area contributed by atoms with Crippen LogP contribution < -0.4 is 0 Å². The van der Waals surface area contributed by atoms with Crippen molar-refractivity contribution in [1.82, 2.24) is 0 Å². The maximum atomic E-state index is 11.2. The molecule has 0 spiro atoms. The third-order valence-corrected chi connectivity index (χ3v) is 5.31. The lowest BCUT2D eigenvalue weighted by Gasteiger charge is -2.40. The molecule has 2 heterocycles. The predicted molar refractivity (Wildman–Crippen MR) is 98.7 cm³/mol. The Morgan fingerprint density at radius 3 is 2.38 bits per heavy atom. The number of Topliss-reactive ketones (excluding diaryl/α,β-unsaturated/α-hetero) is 1. The first-order valence-electron chi connectivity index (χ1n) is 10.1. The van der Waals surface area contributed by atoms with Gasteiger partial charge in [-0.25, -0.2) is 0 Å². The second-order valence-corrected chi connectivity index (χ2v) is 7.96. The van der Waals surface area contributed by atoms with Gasteiger partial charge in [-0.15, -0.1) is 0 Å². The fraction of sp³-hybridized carbons (Fsp3) is 0.947. The summed E-state index contributed by atoms with van der Waals surface area (Å²) in [6, 6.07) is 0. The summed E-state index contributed by atoms with van der Waals surface area (Å²) in [4.78, 5) is 11.2. The summed E-state index contributed by atoms with van der Waals surface area (Å²) in [5, 5.41) is 49.8. The van der Waals surface area contributed by atoms with Crippen molar-refractivity contribution in [2.24, 2.45) is 0 Å². The maximum Gasteiger partial charge on any atom is 0.184 e. The first kappa shape index (κ1) is 24.6. The van der Waals surface area contributed by atoms with Gasteiger partial charge >= 0.3 is 0 Å². The number of aliphatic hydroxyl groups is 5. The van der Waals surface area contributed by atoms with E-state index >= 15 is 0 Å². The van der Waals surface area contributed by atoms with Gasteiger partial charge in [-0.2, -0.15) is 0 Å². The van der Waals surface area contributed by atoms with Gasteiger partial charge < -0.3 is 49.3 Å². The minimum absolute atomic E-state index is 0.0451. The second kappa shape index (κ2) is 11.1. The first-order chi connectivity index (χ1) is 13.6. The summed E-state index contributed by atoms with van der Waals surface area (Å²) in [7, 11) is 0. The Kier molecular flexibility index (Phi) is 9.39. The van der Waals surface area contributed by atoms with Crippen LogP contribution in [0.15, 0.2) is 0 Å². The van der Waals surface area contributed by atoms with Crippen LogP contribution in [0, 0.1) is 0 Å². The topological polar surface area (TPSA) is 155 Å². The maximum absolute atomic E-state index is 11.2. The van der Waals surface area contributed by atoms with E-state index in [9.17, 15) is 30.3 Å². The summed E-state index contributed by atoms with van der Waals surface area (Å²) >= 11 is 0. The summed E-state index contributed by atoms with van der Waals surface area (Å²) < 4.78 is 22.9. The van der Waals surface area contributed by atoms with Crippen LogP contribution >= 0.6 is 0 Å². The lowest BCUT2D eigenvalue weighted by atomic mass is 10.0. The van der Waals surface area contributed by atoms with Crippen LogP contribution in [0.5, 0.6) is 0 Å². The highest BCUT2D eigenvalue weighted by Crippen LogP contribution is 2.29. The first-order valence-corrected chi connectivity index (χ1v) is 10.1. The molecule has 2 rings (SSSR count). The number of rotatable bonds is 8. The lowest BCUT2D eigenvalue weighted by molar-refractivity contribution is -0.325. The molecule has 5 N–H and O–H groups in total. The summed E-state index contributed by atoms with van der Waals surface area (Å²) in [6.45, 7) is 4.42. The van der Waals surface area contributed by atoms with Crippen LogP contribution in [-0.4, -0.2) is 99.3 Å². The van der Waals surface area contributed by atoms with Crippen molar-refractivity contribution in [2.75, 3.05) is 6.61 Å². The van der Waals surface area contributed by atoms with E-state index in [0.717, 1.165) is 0 Å². The number of ether oxygens (including phenoxy) is 4. The standard InChI is InChI=1S/C19H34O10/c1-9(21)4-5-10(2)26-19-15(7-12(22)11(3)27-19)28-18-14(24)6-13(23)17(25)16(8-20)29-18/h10-20,22-25H,4-8H2,1-3H3.